The van der Waals surface area contributed by atoms with Crippen molar-refractivity contribution < 1.29 is 19.4 Å². The van der Waals surface area contributed by atoms with Crippen molar-refractivity contribution in [2.24, 2.45) is 0 Å². The zero-order valence-corrected chi connectivity index (χ0v) is 8.16. The van der Waals surface area contributed by atoms with Crippen molar-refractivity contribution in [3.8, 4) is 0 Å². The van der Waals surface area contributed by atoms with Gasteiger partial charge in [0.25, 0.3) is 0 Å². The molecular formula is C8H11N3O4. The van der Waals surface area contributed by atoms with Gasteiger partial charge in [-0.25, -0.2) is 9.48 Å². The van der Waals surface area contributed by atoms with E-state index in [9.17, 15) is 4.79 Å². The molecule has 0 radical (unpaired) electrons. The number of carboxylic acid groups (broad SMARTS) is 1. The van der Waals surface area contributed by atoms with Crippen LogP contribution in [0.4, 0.5) is 0 Å². The number of hydrogen-bond acceptors (Lipinski definition) is 5. The highest BCUT2D eigenvalue weighted by molar-refractivity contribution is 5.84. The number of rotatable bonds is 3. The molecule has 15 heavy (non-hydrogen) atoms. The molecular weight excluding hydrogens is 202 g/mol. The monoisotopic (exact) mass is 213 g/mol. The Morgan fingerprint density at radius 1 is 1.73 bits per heavy atom. The van der Waals surface area contributed by atoms with E-state index in [1.807, 2.05) is 0 Å². The number of hydrogen-bond donors (Lipinski definition) is 1. The summed E-state index contributed by atoms with van der Waals surface area (Å²) < 4.78 is 11.9. The Morgan fingerprint density at radius 2 is 2.53 bits per heavy atom. The van der Waals surface area contributed by atoms with E-state index in [1.54, 1.807) is 7.11 Å². The van der Waals surface area contributed by atoms with Crippen molar-refractivity contribution >= 4 is 5.97 Å². The van der Waals surface area contributed by atoms with E-state index in [1.165, 1.54) is 10.9 Å². The first kappa shape index (κ1) is 10.1. The van der Waals surface area contributed by atoms with Crippen LogP contribution >= 0.6 is 0 Å². The van der Waals surface area contributed by atoms with Crippen LogP contribution in [0.1, 0.15) is 16.5 Å². The molecule has 0 bridgehead atoms. The maximum absolute atomic E-state index is 10.6. The number of ether oxygens (including phenoxy) is 2. The number of carbonyl (C=O) groups is 1. The summed E-state index contributed by atoms with van der Waals surface area (Å²) in [6.07, 6.45) is 1.28. The van der Waals surface area contributed by atoms with E-state index >= 15 is 0 Å². The second-order valence-corrected chi connectivity index (χ2v) is 3.27. The zero-order chi connectivity index (χ0) is 10.8. The minimum absolute atomic E-state index is 0.0725. The number of aromatic carboxylic acids is 1. The molecule has 0 aliphatic carbocycles. The molecule has 0 saturated carbocycles. The van der Waals surface area contributed by atoms with Crippen LogP contribution in [-0.4, -0.2) is 52.5 Å². The molecule has 1 fully saturated rings. The topological polar surface area (TPSA) is 86.5 Å². The Bertz CT molecular complexity index is 365. The summed E-state index contributed by atoms with van der Waals surface area (Å²) in [4.78, 5) is 10.6. The predicted molar refractivity (Wildman–Crippen MR) is 47.6 cm³/mol. The average Bonchev–Trinajstić information content (AvgIpc) is 2.85. The van der Waals surface area contributed by atoms with Gasteiger partial charge in [0.2, 0.25) is 0 Å². The molecule has 2 atom stereocenters. The van der Waals surface area contributed by atoms with Crippen molar-refractivity contribution in [1.29, 1.82) is 0 Å². The molecule has 1 aliphatic heterocycles. The summed E-state index contributed by atoms with van der Waals surface area (Å²) in [5.41, 5.74) is -0.0725. The van der Waals surface area contributed by atoms with E-state index in [4.69, 9.17) is 14.6 Å². The van der Waals surface area contributed by atoms with Gasteiger partial charge in [0.05, 0.1) is 19.4 Å². The van der Waals surface area contributed by atoms with Crippen molar-refractivity contribution in [1.82, 2.24) is 15.0 Å². The molecule has 2 rings (SSSR count). The fraction of sp³-hybridized carbons (Fsp3) is 0.625. The summed E-state index contributed by atoms with van der Waals surface area (Å²) in [5.74, 6) is -1.09. The molecule has 1 aromatic rings. The molecule has 0 aromatic carbocycles. The first-order valence-electron chi connectivity index (χ1n) is 4.48. The molecule has 0 unspecified atom stereocenters. The summed E-state index contributed by atoms with van der Waals surface area (Å²) >= 11 is 0. The van der Waals surface area contributed by atoms with E-state index in [2.05, 4.69) is 10.3 Å². The molecule has 7 heteroatoms. The highest BCUT2D eigenvalue weighted by atomic mass is 16.5. The van der Waals surface area contributed by atoms with Gasteiger partial charge in [-0.3, -0.25) is 0 Å². The number of nitrogens with zero attached hydrogens (tertiary/aromatic N) is 3. The van der Waals surface area contributed by atoms with E-state index in [-0.39, 0.29) is 17.8 Å². The average molecular weight is 213 g/mol. The molecule has 7 nitrogen and oxygen atoms in total. The van der Waals surface area contributed by atoms with Crippen molar-refractivity contribution in [3.63, 3.8) is 0 Å². The van der Waals surface area contributed by atoms with E-state index < -0.39 is 5.97 Å². The van der Waals surface area contributed by atoms with Crippen molar-refractivity contribution in [2.45, 2.75) is 12.1 Å². The molecule has 82 valence electrons. The van der Waals surface area contributed by atoms with Crippen LogP contribution < -0.4 is 0 Å². The summed E-state index contributed by atoms with van der Waals surface area (Å²) in [5, 5.41) is 16.0. The minimum atomic E-state index is -1.09. The third-order valence-corrected chi connectivity index (χ3v) is 2.37. The van der Waals surface area contributed by atoms with Crippen LogP contribution in [0.3, 0.4) is 0 Å². The highest BCUT2D eigenvalue weighted by Crippen LogP contribution is 2.20. The Kier molecular flexibility index (Phi) is 2.65. The first-order valence-corrected chi connectivity index (χ1v) is 4.48. The molecule has 1 N–H and O–H groups in total. The van der Waals surface area contributed by atoms with E-state index in [0.717, 1.165) is 0 Å². The van der Waals surface area contributed by atoms with Crippen LogP contribution in [0.2, 0.25) is 0 Å². The Hall–Kier alpha value is -1.47. The minimum Gasteiger partial charge on any atom is -0.476 e. The summed E-state index contributed by atoms with van der Waals surface area (Å²) in [7, 11) is 1.58. The van der Waals surface area contributed by atoms with Gasteiger partial charge in [-0.1, -0.05) is 5.21 Å². The van der Waals surface area contributed by atoms with Crippen LogP contribution in [0, 0.1) is 0 Å². The quantitative estimate of drug-likeness (QED) is 0.732. The Morgan fingerprint density at radius 3 is 3.13 bits per heavy atom. The van der Waals surface area contributed by atoms with Gasteiger partial charge in [-0.15, -0.1) is 5.10 Å². The van der Waals surface area contributed by atoms with E-state index in [0.29, 0.717) is 13.2 Å². The second-order valence-electron chi connectivity index (χ2n) is 3.27. The lowest BCUT2D eigenvalue weighted by molar-refractivity contribution is 0.0659. The maximum atomic E-state index is 10.6. The first-order chi connectivity index (χ1) is 7.22. The SMILES string of the molecule is CO[C@@H]1COC[C@H]1n1cc(C(=O)O)nn1. The maximum Gasteiger partial charge on any atom is 0.358 e. The molecule has 2 heterocycles. The van der Waals surface area contributed by atoms with Crippen molar-refractivity contribution in [2.75, 3.05) is 20.3 Å². The Balaban J connectivity index is 2.18. The predicted octanol–water partition coefficient (Wildman–Crippen LogP) is -0.437. The zero-order valence-electron chi connectivity index (χ0n) is 8.16. The second kappa shape index (κ2) is 3.95. The standard InChI is InChI=1S/C8H11N3O4/c1-14-7-4-15-3-6(7)11-2-5(8(12)13)9-10-11/h2,6-7H,3-4H2,1H3,(H,12,13)/t6-,7-/m1/s1. The third kappa shape index (κ3) is 1.83. The van der Waals surface area contributed by atoms with Gasteiger partial charge in [0.1, 0.15) is 12.1 Å². The lowest BCUT2D eigenvalue weighted by atomic mass is 10.2. The fourth-order valence-corrected chi connectivity index (χ4v) is 1.53. The van der Waals surface area contributed by atoms with Gasteiger partial charge < -0.3 is 14.6 Å². The van der Waals surface area contributed by atoms with Gasteiger partial charge in [0.15, 0.2) is 5.69 Å². The molecule has 0 amide bonds. The van der Waals surface area contributed by atoms with Gasteiger partial charge in [0, 0.05) is 7.11 Å². The normalized spacial score (nSPS) is 25.7. The van der Waals surface area contributed by atoms with Crippen molar-refractivity contribution in [3.05, 3.63) is 11.9 Å². The van der Waals surface area contributed by atoms with Crippen LogP contribution in [0.5, 0.6) is 0 Å². The lowest BCUT2D eigenvalue weighted by Gasteiger charge is -2.14. The largest absolute Gasteiger partial charge is 0.476 e. The molecule has 1 aromatic heterocycles. The van der Waals surface area contributed by atoms with Gasteiger partial charge in [-0.05, 0) is 0 Å². The molecule has 1 aliphatic rings. The third-order valence-electron chi connectivity index (χ3n) is 2.37. The van der Waals surface area contributed by atoms with Gasteiger partial charge >= 0.3 is 5.97 Å². The fourth-order valence-electron chi connectivity index (χ4n) is 1.53. The van der Waals surface area contributed by atoms with Gasteiger partial charge in [-0.2, -0.15) is 0 Å². The Labute approximate surface area is 85.6 Å². The lowest BCUT2D eigenvalue weighted by Crippen LogP contribution is -2.24. The summed E-state index contributed by atoms with van der Waals surface area (Å²) in [6.45, 7) is 0.949. The molecule has 0 spiro atoms. The number of methoxy groups -OCH3 is 1. The number of aromatic nitrogens is 3. The highest BCUT2D eigenvalue weighted by Gasteiger charge is 2.31. The van der Waals surface area contributed by atoms with Crippen LogP contribution in [0.15, 0.2) is 6.20 Å². The smallest absolute Gasteiger partial charge is 0.358 e. The summed E-state index contributed by atoms with van der Waals surface area (Å²) in [6, 6.07) is -0.101. The van der Waals surface area contributed by atoms with Crippen LogP contribution in [-0.2, 0) is 9.47 Å². The number of carboxylic acids is 1. The van der Waals surface area contributed by atoms with Crippen LogP contribution in [0.25, 0.3) is 0 Å². The molecule has 1 saturated heterocycles.